The number of β-amino-alcohol motifs (C(OH)–C–C–N with tert-alkyl or cyclic N) is 1. The van der Waals surface area contributed by atoms with E-state index in [9.17, 15) is 29.5 Å². The molecule has 364 valence electrons. The van der Waals surface area contributed by atoms with Crippen LogP contribution in [0.3, 0.4) is 0 Å². The van der Waals surface area contributed by atoms with Gasteiger partial charge < -0.3 is 40.7 Å². The van der Waals surface area contributed by atoms with Crippen molar-refractivity contribution in [3.8, 4) is 22.3 Å². The monoisotopic (exact) mass is 967 g/mol. The molecule has 0 spiro atoms. The molecule has 2 unspecified atom stereocenters. The minimum Gasteiger partial charge on any atom is -0.489 e. The number of anilines is 1. The van der Waals surface area contributed by atoms with E-state index in [0.29, 0.717) is 35.1 Å². The number of unbranched alkanes of at least 4 members (excludes halogenated alkanes) is 2. The van der Waals surface area contributed by atoms with Gasteiger partial charge in [-0.25, -0.2) is 4.98 Å². The van der Waals surface area contributed by atoms with Crippen LogP contribution in [0.15, 0.2) is 72.2 Å². The lowest BCUT2D eigenvalue weighted by atomic mass is 9.49. The minimum absolute atomic E-state index is 0.0135. The van der Waals surface area contributed by atoms with Crippen molar-refractivity contribution in [1.82, 2.24) is 25.8 Å². The maximum absolute atomic E-state index is 14.1. The van der Waals surface area contributed by atoms with E-state index in [0.717, 1.165) is 46.6 Å². The number of aryl methyl sites for hydroxylation is 1. The van der Waals surface area contributed by atoms with Crippen molar-refractivity contribution in [2.24, 2.45) is 16.2 Å². The molecule has 1 saturated heterocycles. The number of aliphatic hydroxyl groups excluding tert-OH is 1. The van der Waals surface area contributed by atoms with Gasteiger partial charge in [0.1, 0.15) is 36.6 Å². The second kappa shape index (κ2) is 21.8. The molecule has 2 aliphatic rings. The molecule has 2 fully saturated rings. The molecule has 6 rings (SSSR count). The summed E-state index contributed by atoms with van der Waals surface area (Å²) in [5.41, 5.74) is 5.11. The summed E-state index contributed by atoms with van der Waals surface area (Å²) in [7, 11) is 0. The Morgan fingerprint density at radius 3 is 2.29 bits per heavy atom. The zero-order valence-electron chi connectivity index (χ0n) is 40.6. The number of hydrogen-bond acceptors (Lipinski definition) is 11. The third-order valence-electron chi connectivity index (χ3n) is 13.2. The number of carbonyl (C=O) groups excluding carboxylic acids is 4. The van der Waals surface area contributed by atoms with Gasteiger partial charge in [0.25, 0.3) is 5.91 Å². The van der Waals surface area contributed by atoms with E-state index in [4.69, 9.17) is 21.1 Å². The first-order chi connectivity index (χ1) is 32.1. The number of ether oxygens (including phenoxy) is 2. The number of nitrogens with one attached hydrogen (secondary N) is 4. The number of halogens is 1. The Hall–Kier alpha value is -5.53. The minimum atomic E-state index is -0.952. The fourth-order valence-electron chi connectivity index (χ4n) is 9.67. The first-order valence-electron chi connectivity index (χ1n) is 23.3. The van der Waals surface area contributed by atoms with Crippen molar-refractivity contribution >= 4 is 52.3 Å². The van der Waals surface area contributed by atoms with Gasteiger partial charge in [0.15, 0.2) is 0 Å². The van der Waals surface area contributed by atoms with Crippen molar-refractivity contribution in [2.45, 2.75) is 124 Å². The van der Waals surface area contributed by atoms with Crippen molar-refractivity contribution in [3.05, 3.63) is 99.6 Å². The molecule has 16 heteroatoms. The van der Waals surface area contributed by atoms with Gasteiger partial charge in [-0.15, -0.1) is 11.3 Å². The lowest BCUT2D eigenvalue weighted by Crippen LogP contribution is -2.74. The number of aliphatic hydroxyl groups is 1. The van der Waals surface area contributed by atoms with E-state index in [1.54, 1.807) is 41.7 Å². The Morgan fingerprint density at radius 1 is 0.985 bits per heavy atom. The van der Waals surface area contributed by atoms with Crippen molar-refractivity contribution in [1.29, 1.82) is 5.26 Å². The highest BCUT2D eigenvalue weighted by molar-refractivity contribution is 7.13. The lowest BCUT2D eigenvalue weighted by molar-refractivity contribution is -0.164. The van der Waals surface area contributed by atoms with Crippen LogP contribution in [0, 0.1) is 34.5 Å². The van der Waals surface area contributed by atoms with Crippen LogP contribution >= 0.6 is 22.9 Å². The van der Waals surface area contributed by atoms with Crippen LogP contribution in [-0.2, 0) is 19.1 Å². The van der Waals surface area contributed by atoms with Crippen LogP contribution < -0.4 is 26.0 Å². The predicted octanol–water partition coefficient (Wildman–Crippen LogP) is 8.22. The summed E-state index contributed by atoms with van der Waals surface area (Å²) >= 11 is 7.81. The van der Waals surface area contributed by atoms with E-state index < -0.39 is 35.4 Å². The van der Waals surface area contributed by atoms with E-state index in [2.05, 4.69) is 60.0 Å². The summed E-state index contributed by atoms with van der Waals surface area (Å²) < 4.78 is 12.1. The number of benzene rings is 3. The molecule has 0 radical (unpaired) electrons. The van der Waals surface area contributed by atoms with Gasteiger partial charge in [0.05, 0.1) is 38.8 Å². The molecular weight excluding hydrogens is 902 g/mol. The van der Waals surface area contributed by atoms with Gasteiger partial charge in [-0.3, -0.25) is 19.2 Å². The normalized spacial score (nSPS) is 20.3. The average molecular weight is 969 g/mol. The molecule has 1 aliphatic carbocycles. The third kappa shape index (κ3) is 12.2. The molecular formula is C52H66ClN7O7S. The molecule has 4 atom stereocenters. The number of thiazole rings is 1. The van der Waals surface area contributed by atoms with Gasteiger partial charge in [0, 0.05) is 60.3 Å². The number of aromatic nitrogens is 1. The first kappa shape index (κ1) is 51.9. The van der Waals surface area contributed by atoms with E-state index in [1.807, 2.05) is 76.5 Å². The zero-order chi connectivity index (χ0) is 49.6. The molecule has 14 nitrogen and oxygen atoms in total. The molecule has 1 aliphatic heterocycles. The summed E-state index contributed by atoms with van der Waals surface area (Å²) in [6.07, 6.45) is 1.46. The molecule has 4 amide bonds. The van der Waals surface area contributed by atoms with Crippen LogP contribution in [0.2, 0.25) is 5.02 Å². The summed E-state index contributed by atoms with van der Waals surface area (Å²) in [6, 6.07) is 20.1. The molecule has 3 aromatic carbocycles. The third-order valence-corrected chi connectivity index (χ3v) is 14.5. The van der Waals surface area contributed by atoms with Crippen LogP contribution in [0.25, 0.3) is 10.4 Å². The largest absolute Gasteiger partial charge is 0.489 e. The quantitative estimate of drug-likeness (QED) is 0.0572. The van der Waals surface area contributed by atoms with Gasteiger partial charge in [-0.05, 0) is 86.1 Å². The van der Waals surface area contributed by atoms with Crippen molar-refractivity contribution in [3.63, 3.8) is 0 Å². The van der Waals surface area contributed by atoms with Crippen molar-refractivity contribution in [2.75, 3.05) is 31.6 Å². The van der Waals surface area contributed by atoms with Crippen molar-refractivity contribution < 1.29 is 33.8 Å². The molecule has 2 heterocycles. The molecule has 5 N–H and O–H groups in total. The summed E-state index contributed by atoms with van der Waals surface area (Å²) in [5, 5.41) is 32.7. The molecule has 4 aromatic rings. The highest BCUT2D eigenvalue weighted by Crippen LogP contribution is 2.55. The number of nitrogens with zero attached hydrogens (tertiary/aromatic N) is 3. The number of hydrogen-bond donors (Lipinski definition) is 5. The average Bonchev–Trinajstić information content (AvgIpc) is 3.91. The Balaban J connectivity index is 0.887. The second-order valence-corrected chi connectivity index (χ2v) is 21.6. The maximum atomic E-state index is 14.1. The highest BCUT2D eigenvalue weighted by Gasteiger charge is 2.64. The summed E-state index contributed by atoms with van der Waals surface area (Å²) in [4.78, 5) is 61.0. The van der Waals surface area contributed by atoms with Crippen LogP contribution in [-0.4, -0.2) is 95.3 Å². The molecule has 1 saturated carbocycles. The Bertz CT molecular complexity index is 2450. The summed E-state index contributed by atoms with van der Waals surface area (Å²) in [6.45, 7) is 18.5. The standard InChI is InChI=1S/C52H66ClN7O7S/c1-31(33-13-15-34(16-14-33)43-32(2)56-30-68-43)57-46(64)41-25-38(61)28-60(41)47(65)44(50(3,4)5)58-42(62)29-66-24-12-10-11-23-55-37-20-17-35(18-21-37)45(63)59-48-51(6,7)49(52(48,8)9)67-39-22-19-36(27-54)40(53)26-39/h13-22,26,30-31,38,41,44,48-49,55,61H,10-12,23-25,28-29H2,1-9H3,(H,57,64)(H,58,62)(H,59,63)/t31-,38+,41?,44?,48-,49+/m0/s1. The van der Waals surface area contributed by atoms with Crippen LogP contribution in [0.1, 0.15) is 114 Å². The predicted molar refractivity (Wildman–Crippen MR) is 265 cm³/mol. The fraction of sp³-hybridized carbons (Fsp3) is 0.500. The second-order valence-electron chi connectivity index (χ2n) is 20.3. The van der Waals surface area contributed by atoms with E-state index >= 15 is 0 Å². The molecule has 1 aromatic heterocycles. The number of rotatable bonds is 19. The van der Waals surface area contributed by atoms with Gasteiger partial charge in [-0.2, -0.15) is 5.26 Å². The number of likely N-dealkylation sites (tertiary alicyclic amines) is 1. The highest BCUT2D eigenvalue weighted by atomic mass is 35.5. The number of carbonyl (C=O) groups is 4. The Morgan fingerprint density at radius 2 is 1.68 bits per heavy atom. The van der Waals surface area contributed by atoms with Gasteiger partial charge >= 0.3 is 0 Å². The smallest absolute Gasteiger partial charge is 0.251 e. The topological polar surface area (TPSA) is 195 Å². The first-order valence-corrected chi connectivity index (χ1v) is 24.5. The Kier molecular flexibility index (Phi) is 16.6. The molecule has 0 bridgehead atoms. The number of nitriles is 1. The zero-order valence-corrected chi connectivity index (χ0v) is 42.1. The van der Waals surface area contributed by atoms with E-state index in [-0.39, 0.29) is 60.4 Å². The lowest BCUT2D eigenvalue weighted by Gasteiger charge is -2.63. The summed E-state index contributed by atoms with van der Waals surface area (Å²) in [5.74, 6) is -0.820. The number of amides is 4. The van der Waals surface area contributed by atoms with Gasteiger partial charge in [0.2, 0.25) is 17.7 Å². The van der Waals surface area contributed by atoms with Crippen LogP contribution in [0.4, 0.5) is 5.69 Å². The fourth-order valence-corrected chi connectivity index (χ4v) is 10.7. The molecule has 68 heavy (non-hydrogen) atoms. The van der Waals surface area contributed by atoms with E-state index in [1.165, 1.54) is 4.90 Å². The SMILES string of the molecule is Cc1ncsc1-c1ccc([C@H](C)NC(=O)C2C[C@@H](O)CN2C(=O)C(NC(=O)COCCCCCNc2ccc(C(=O)N[C@H]3C(C)(C)[C@@H](Oc4ccc(C#N)c(Cl)c4)C3(C)C)cc2)C(C)(C)C)cc1. The van der Waals surface area contributed by atoms with Crippen LogP contribution in [0.5, 0.6) is 5.75 Å². The van der Waals surface area contributed by atoms with Gasteiger partial charge in [-0.1, -0.05) is 84.3 Å². The maximum Gasteiger partial charge on any atom is 0.251 e. The Labute approximate surface area is 409 Å².